The van der Waals surface area contributed by atoms with Crippen molar-refractivity contribution in [2.75, 3.05) is 0 Å². The van der Waals surface area contributed by atoms with E-state index in [1.54, 1.807) is 17.4 Å². The average Bonchev–Trinajstić information content (AvgIpc) is 2.91. The summed E-state index contributed by atoms with van der Waals surface area (Å²) < 4.78 is 28.3. The molecule has 0 spiro atoms. The van der Waals surface area contributed by atoms with E-state index in [2.05, 4.69) is 5.16 Å². The molecule has 0 amide bonds. The Kier molecular flexibility index (Phi) is 3.08. The molecule has 2 aromatic heterocycles. The smallest absolute Gasteiger partial charge is 0.238 e. The van der Waals surface area contributed by atoms with E-state index in [0.717, 1.165) is 15.0 Å². The minimum absolute atomic E-state index is 0.308. The normalized spacial score (nSPS) is 12.1. The molecule has 0 N–H and O–H groups in total. The fourth-order valence-electron chi connectivity index (χ4n) is 1.78. The van der Waals surface area contributed by atoms with Crippen LogP contribution in [0.25, 0.3) is 20.7 Å². The zero-order valence-electron chi connectivity index (χ0n) is 9.54. The van der Waals surface area contributed by atoms with E-state index in [0.29, 0.717) is 11.5 Å². The first-order chi connectivity index (χ1) is 9.01. The van der Waals surface area contributed by atoms with Gasteiger partial charge in [-0.15, -0.1) is 11.3 Å². The number of benzene rings is 1. The van der Waals surface area contributed by atoms with E-state index < -0.39 is 9.05 Å². The maximum absolute atomic E-state index is 11.0. The lowest BCUT2D eigenvalue weighted by Gasteiger charge is -1.86. The number of thiophene rings is 1. The average molecular weight is 314 g/mol. The summed E-state index contributed by atoms with van der Waals surface area (Å²) in [4.78, 5) is 0.909. The lowest BCUT2D eigenvalue weighted by atomic mass is 10.2. The van der Waals surface area contributed by atoms with Gasteiger partial charge >= 0.3 is 0 Å². The van der Waals surface area contributed by atoms with E-state index in [1.807, 2.05) is 30.3 Å². The Balaban J connectivity index is 1.98. The number of hydrogen-bond donors (Lipinski definition) is 0. The Morgan fingerprint density at radius 2 is 2.05 bits per heavy atom. The Morgan fingerprint density at radius 1 is 1.26 bits per heavy atom. The van der Waals surface area contributed by atoms with Gasteiger partial charge in [0.05, 0.1) is 4.88 Å². The van der Waals surface area contributed by atoms with Gasteiger partial charge in [-0.3, -0.25) is 0 Å². The molecule has 0 aliphatic rings. The number of nitrogens with zero attached hydrogens (tertiary/aromatic N) is 1. The second-order valence-electron chi connectivity index (χ2n) is 4.01. The summed E-state index contributed by atoms with van der Waals surface area (Å²) in [5.74, 6) is 0.222. The molecule has 0 fully saturated rings. The van der Waals surface area contributed by atoms with Crippen molar-refractivity contribution in [2.45, 2.75) is 5.75 Å². The van der Waals surface area contributed by atoms with Crippen LogP contribution >= 0.6 is 22.0 Å². The largest absolute Gasteiger partial charge is 0.355 e. The fraction of sp³-hybridized carbons (Fsp3) is 0.0833. The third kappa shape index (κ3) is 2.80. The van der Waals surface area contributed by atoms with E-state index in [9.17, 15) is 8.42 Å². The molecule has 0 aliphatic carbocycles. The van der Waals surface area contributed by atoms with E-state index in [4.69, 9.17) is 15.2 Å². The van der Waals surface area contributed by atoms with Gasteiger partial charge in [0.15, 0.2) is 5.76 Å². The zero-order valence-corrected chi connectivity index (χ0v) is 11.9. The van der Waals surface area contributed by atoms with Gasteiger partial charge in [-0.2, -0.15) is 0 Å². The lowest BCUT2D eigenvalue weighted by Crippen LogP contribution is -1.94. The van der Waals surface area contributed by atoms with Crippen molar-refractivity contribution >= 4 is 41.2 Å². The molecule has 0 unspecified atom stereocenters. The van der Waals surface area contributed by atoms with Gasteiger partial charge in [-0.05, 0) is 17.5 Å². The fourth-order valence-corrected chi connectivity index (χ4v) is 3.61. The summed E-state index contributed by atoms with van der Waals surface area (Å²) in [6.45, 7) is 0. The number of aromatic nitrogens is 1. The predicted molar refractivity (Wildman–Crippen MR) is 75.8 cm³/mol. The standard InChI is InChI=1S/C12H8ClNO3S2/c13-19(15,16)7-9-6-10(17-14-9)12-5-8-3-1-2-4-11(8)18-12/h1-6H,7H2. The van der Waals surface area contributed by atoms with Gasteiger partial charge < -0.3 is 4.52 Å². The minimum Gasteiger partial charge on any atom is -0.355 e. The van der Waals surface area contributed by atoms with E-state index in [1.165, 1.54) is 0 Å². The van der Waals surface area contributed by atoms with Crippen molar-refractivity contribution in [2.24, 2.45) is 0 Å². The second kappa shape index (κ2) is 4.63. The summed E-state index contributed by atoms with van der Waals surface area (Å²) >= 11 is 1.57. The lowest BCUT2D eigenvalue weighted by molar-refractivity contribution is 0.426. The first-order valence-electron chi connectivity index (χ1n) is 5.38. The SMILES string of the molecule is O=S(=O)(Cl)Cc1cc(-c2cc3ccccc3s2)on1. The van der Waals surface area contributed by atoms with Crippen LogP contribution in [0.4, 0.5) is 0 Å². The molecule has 0 saturated heterocycles. The molecule has 3 aromatic rings. The second-order valence-corrected chi connectivity index (χ2v) is 7.87. The van der Waals surface area contributed by atoms with Crippen molar-refractivity contribution in [1.82, 2.24) is 5.16 Å². The van der Waals surface area contributed by atoms with Gasteiger partial charge in [0, 0.05) is 21.4 Å². The van der Waals surface area contributed by atoms with Crippen molar-refractivity contribution in [3.05, 3.63) is 42.1 Å². The molecule has 98 valence electrons. The van der Waals surface area contributed by atoms with Crippen LogP contribution in [0, 0.1) is 0 Å². The summed E-state index contributed by atoms with van der Waals surface area (Å²) in [7, 11) is 1.56. The van der Waals surface area contributed by atoms with E-state index >= 15 is 0 Å². The number of fused-ring (bicyclic) bond motifs is 1. The van der Waals surface area contributed by atoms with Crippen LogP contribution in [0.3, 0.4) is 0 Å². The molecule has 7 heteroatoms. The Morgan fingerprint density at radius 3 is 2.79 bits per heavy atom. The highest BCUT2D eigenvalue weighted by atomic mass is 35.7. The molecular formula is C12H8ClNO3S2. The molecule has 1 aromatic carbocycles. The molecule has 0 aliphatic heterocycles. The molecule has 0 saturated carbocycles. The van der Waals surface area contributed by atoms with Crippen LogP contribution in [0.15, 0.2) is 40.9 Å². The van der Waals surface area contributed by atoms with E-state index in [-0.39, 0.29) is 5.75 Å². The summed E-state index contributed by atoms with van der Waals surface area (Å²) in [5.41, 5.74) is 0.308. The molecule has 3 rings (SSSR count). The number of halogens is 1. The molecule has 0 bridgehead atoms. The highest BCUT2D eigenvalue weighted by Crippen LogP contribution is 2.33. The predicted octanol–water partition coefficient (Wildman–Crippen LogP) is 3.62. The highest BCUT2D eigenvalue weighted by molar-refractivity contribution is 8.13. The van der Waals surface area contributed by atoms with Crippen molar-refractivity contribution in [1.29, 1.82) is 0 Å². The van der Waals surface area contributed by atoms with Gasteiger partial charge in [0.1, 0.15) is 11.4 Å². The molecular weight excluding hydrogens is 306 g/mol. The molecule has 19 heavy (non-hydrogen) atoms. The summed E-state index contributed by atoms with van der Waals surface area (Å²) in [6.07, 6.45) is 0. The van der Waals surface area contributed by atoms with Crippen LogP contribution in [0.2, 0.25) is 0 Å². The molecule has 2 heterocycles. The minimum atomic E-state index is -3.62. The van der Waals surface area contributed by atoms with Gasteiger partial charge in [-0.25, -0.2) is 8.42 Å². The Labute approximate surface area is 118 Å². The van der Waals surface area contributed by atoms with Crippen LogP contribution in [-0.4, -0.2) is 13.6 Å². The van der Waals surface area contributed by atoms with Gasteiger partial charge in [0.2, 0.25) is 9.05 Å². The van der Waals surface area contributed by atoms with Crippen molar-refractivity contribution < 1.29 is 12.9 Å². The topological polar surface area (TPSA) is 60.2 Å². The summed E-state index contributed by atoms with van der Waals surface area (Å²) in [6, 6.07) is 11.5. The van der Waals surface area contributed by atoms with Gasteiger partial charge in [-0.1, -0.05) is 23.4 Å². The Bertz CT molecular complexity index is 802. The van der Waals surface area contributed by atoms with Crippen LogP contribution < -0.4 is 0 Å². The summed E-state index contributed by atoms with van der Waals surface area (Å²) in [5, 5.41) is 4.83. The molecule has 0 atom stereocenters. The van der Waals surface area contributed by atoms with Gasteiger partial charge in [0.25, 0.3) is 0 Å². The number of hydrogen-bond acceptors (Lipinski definition) is 5. The maximum Gasteiger partial charge on any atom is 0.238 e. The van der Waals surface area contributed by atoms with Crippen molar-refractivity contribution in [3.8, 4) is 10.6 Å². The monoisotopic (exact) mass is 313 g/mol. The van der Waals surface area contributed by atoms with Crippen molar-refractivity contribution in [3.63, 3.8) is 0 Å². The quantitative estimate of drug-likeness (QED) is 0.693. The van der Waals surface area contributed by atoms with Crippen LogP contribution in [-0.2, 0) is 14.8 Å². The third-order valence-electron chi connectivity index (χ3n) is 2.55. The Hall–Kier alpha value is -1.37. The first kappa shape index (κ1) is 12.7. The highest BCUT2D eigenvalue weighted by Gasteiger charge is 2.14. The first-order valence-corrected chi connectivity index (χ1v) is 8.68. The third-order valence-corrected chi connectivity index (χ3v) is 4.65. The molecule has 0 radical (unpaired) electrons. The zero-order chi connectivity index (χ0) is 13.5. The van der Waals surface area contributed by atoms with Crippen LogP contribution in [0.1, 0.15) is 5.69 Å². The van der Waals surface area contributed by atoms with Crippen LogP contribution in [0.5, 0.6) is 0 Å². The number of rotatable bonds is 3. The maximum atomic E-state index is 11.0. The molecule has 4 nitrogen and oxygen atoms in total.